The molecule has 0 amide bonds. The lowest BCUT2D eigenvalue weighted by molar-refractivity contribution is -0.132. The standard InChI is InChI=1S/C9H16O3/c1-4-8(7(3)10)5-6(2)9(11)12/h5,7-8,10H,4H2,1-3H3,(H,11,12). The highest BCUT2D eigenvalue weighted by atomic mass is 16.4. The zero-order chi connectivity index (χ0) is 9.72. The number of carboxylic acid groups (broad SMARTS) is 1. The molecule has 2 atom stereocenters. The van der Waals surface area contributed by atoms with E-state index in [2.05, 4.69) is 0 Å². The van der Waals surface area contributed by atoms with E-state index in [1.165, 1.54) is 6.92 Å². The smallest absolute Gasteiger partial charge is 0.330 e. The van der Waals surface area contributed by atoms with E-state index in [9.17, 15) is 9.90 Å². The van der Waals surface area contributed by atoms with Crippen molar-refractivity contribution in [3.63, 3.8) is 0 Å². The van der Waals surface area contributed by atoms with Crippen LogP contribution in [0.1, 0.15) is 27.2 Å². The van der Waals surface area contributed by atoms with Gasteiger partial charge in [0.05, 0.1) is 6.10 Å². The largest absolute Gasteiger partial charge is 0.478 e. The summed E-state index contributed by atoms with van der Waals surface area (Å²) in [7, 11) is 0. The normalized spacial score (nSPS) is 17.2. The summed E-state index contributed by atoms with van der Waals surface area (Å²) in [4.78, 5) is 10.4. The lowest BCUT2D eigenvalue weighted by atomic mass is 9.98. The van der Waals surface area contributed by atoms with Gasteiger partial charge in [0.1, 0.15) is 0 Å². The molecule has 0 saturated carbocycles. The number of rotatable bonds is 4. The maximum Gasteiger partial charge on any atom is 0.330 e. The van der Waals surface area contributed by atoms with Gasteiger partial charge in [-0.3, -0.25) is 0 Å². The summed E-state index contributed by atoms with van der Waals surface area (Å²) >= 11 is 0. The molecule has 0 spiro atoms. The van der Waals surface area contributed by atoms with Crippen LogP contribution in [0.3, 0.4) is 0 Å². The van der Waals surface area contributed by atoms with E-state index in [-0.39, 0.29) is 5.92 Å². The molecular formula is C9H16O3. The third kappa shape index (κ3) is 3.53. The Labute approximate surface area is 72.7 Å². The van der Waals surface area contributed by atoms with Crippen molar-refractivity contribution >= 4 is 5.97 Å². The number of carbonyl (C=O) groups is 1. The number of aliphatic hydroxyl groups excluding tert-OH is 1. The highest BCUT2D eigenvalue weighted by Crippen LogP contribution is 2.12. The molecule has 0 saturated heterocycles. The van der Waals surface area contributed by atoms with Crippen LogP contribution in [0.2, 0.25) is 0 Å². The van der Waals surface area contributed by atoms with E-state index in [0.717, 1.165) is 6.42 Å². The lowest BCUT2D eigenvalue weighted by Gasteiger charge is -2.13. The van der Waals surface area contributed by atoms with Gasteiger partial charge in [0, 0.05) is 11.5 Å². The molecule has 3 nitrogen and oxygen atoms in total. The molecule has 0 aromatic rings. The summed E-state index contributed by atoms with van der Waals surface area (Å²) in [6, 6.07) is 0. The lowest BCUT2D eigenvalue weighted by Crippen LogP contribution is -2.14. The number of hydrogen-bond donors (Lipinski definition) is 2. The summed E-state index contributed by atoms with van der Waals surface area (Å²) in [6.45, 7) is 5.12. The molecular weight excluding hydrogens is 156 g/mol. The van der Waals surface area contributed by atoms with Crippen molar-refractivity contribution in [3.8, 4) is 0 Å². The van der Waals surface area contributed by atoms with Crippen molar-refractivity contribution in [1.82, 2.24) is 0 Å². The molecule has 0 bridgehead atoms. The minimum Gasteiger partial charge on any atom is -0.478 e. The Hall–Kier alpha value is -0.830. The van der Waals surface area contributed by atoms with Crippen LogP contribution < -0.4 is 0 Å². The van der Waals surface area contributed by atoms with E-state index in [1.807, 2.05) is 6.92 Å². The summed E-state index contributed by atoms with van der Waals surface area (Å²) < 4.78 is 0. The Balaban J connectivity index is 4.35. The van der Waals surface area contributed by atoms with Crippen molar-refractivity contribution in [3.05, 3.63) is 11.6 Å². The first-order chi connectivity index (χ1) is 5.49. The van der Waals surface area contributed by atoms with Gasteiger partial charge in [-0.1, -0.05) is 13.0 Å². The molecule has 0 heterocycles. The third-order valence-corrected chi connectivity index (χ3v) is 1.89. The highest BCUT2D eigenvalue weighted by molar-refractivity contribution is 5.85. The fraction of sp³-hybridized carbons (Fsp3) is 0.667. The topological polar surface area (TPSA) is 57.5 Å². The average molecular weight is 172 g/mol. The fourth-order valence-corrected chi connectivity index (χ4v) is 0.991. The first kappa shape index (κ1) is 11.2. The minimum absolute atomic E-state index is 0.0545. The van der Waals surface area contributed by atoms with Gasteiger partial charge >= 0.3 is 5.97 Å². The number of hydrogen-bond acceptors (Lipinski definition) is 2. The first-order valence-corrected chi connectivity index (χ1v) is 4.08. The SMILES string of the molecule is CCC(C=C(C)C(=O)O)C(C)O. The molecule has 0 fully saturated rings. The molecule has 0 aliphatic carbocycles. The molecule has 2 unspecified atom stereocenters. The molecule has 3 heteroatoms. The number of aliphatic hydroxyl groups is 1. The Morgan fingerprint density at radius 3 is 2.33 bits per heavy atom. The molecule has 0 rings (SSSR count). The molecule has 0 aliphatic rings. The predicted molar refractivity (Wildman–Crippen MR) is 46.9 cm³/mol. The van der Waals surface area contributed by atoms with Crippen LogP contribution in [0.25, 0.3) is 0 Å². The summed E-state index contributed by atoms with van der Waals surface area (Å²) in [6.07, 6.45) is 1.87. The van der Waals surface area contributed by atoms with E-state index in [1.54, 1.807) is 13.0 Å². The van der Waals surface area contributed by atoms with Crippen molar-refractivity contribution in [2.24, 2.45) is 5.92 Å². The molecule has 70 valence electrons. The Bertz CT molecular complexity index is 182. The van der Waals surface area contributed by atoms with Gasteiger partial charge in [0.25, 0.3) is 0 Å². The average Bonchev–Trinajstić information content (AvgIpc) is 1.98. The van der Waals surface area contributed by atoms with E-state index < -0.39 is 12.1 Å². The molecule has 2 N–H and O–H groups in total. The van der Waals surface area contributed by atoms with Crippen LogP contribution >= 0.6 is 0 Å². The molecule has 0 aliphatic heterocycles. The third-order valence-electron chi connectivity index (χ3n) is 1.89. The van der Waals surface area contributed by atoms with Crippen molar-refractivity contribution in [2.75, 3.05) is 0 Å². The summed E-state index contributed by atoms with van der Waals surface area (Å²) in [5.41, 5.74) is 0.294. The minimum atomic E-state index is -0.922. The van der Waals surface area contributed by atoms with Gasteiger partial charge in [-0.05, 0) is 20.3 Å². The molecule has 0 radical (unpaired) electrons. The quantitative estimate of drug-likeness (QED) is 0.630. The second-order valence-corrected chi connectivity index (χ2v) is 2.97. The Morgan fingerprint density at radius 2 is 2.08 bits per heavy atom. The van der Waals surface area contributed by atoms with Crippen LogP contribution in [0.5, 0.6) is 0 Å². The zero-order valence-corrected chi connectivity index (χ0v) is 7.74. The molecule has 12 heavy (non-hydrogen) atoms. The van der Waals surface area contributed by atoms with Crippen LogP contribution in [0.15, 0.2) is 11.6 Å². The van der Waals surface area contributed by atoms with Crippen molar-refractivity contribution in [2.45, 2.75) is 33.3 Å². The summed E-state index contributed by atoms with van der Waals surface area (Å²) in [5.74, 6) is -0.977. The van der Waals surface area contributed by atoms with E-state index in [4.69, 9.17) is 5.11 Å². The van der Waals surface area contributed by atoms with Gasteiger partial charge in [0.2, 0.25) is 0 Å². The first-order valence-electron chi connectivity index (χ1n) is 4.08. The van der Waals surface area contributed by atoms with Gasteiger partial charge in [-0.15, -0.1) is 0 Å². The number of carboxylic acids is 1. The van der Waals surface area contributed by atoms with Gasteiger partial charge in [-0.25, -0.2) is 4.79 Å². The fourth-order valence-electron chi connectivity index (χ4n) is 0.991. The van der Waals surface area contributed by atoms with Crippen LogP contribution in [-0.4, -0.2) is 22.3 Å². The Kier molecular flexibility index (Phi) is 4.59. The van der Waals surface area contributed by atoms with Crippen molar-refractivity contribution in [1.29, 1.82) is 0 Å². The predicted octanol–water partition coefficient (Wildman–Crippen LogP) is 1.42. The number of aliphatic carboxylic acids is 1. The second-order valence-electron chi connectivity index (χ2n) is 2.97. The Morgan fingerprint density at radius 1 is 1.58 bits per heavy atom. The van der Waals surface area contributed by atoms with E-state index in [0.29, 0.717) is 5.57 Å². The van der Waals surface area contributed by atoms with Gasteiger partial charge in [0.15, 0.2) is 0 Å². The van der Waals surface area contributed by atoms with Crippen LogP contribution in [0, 0.1) is 5.92 Å². The highest BCUT2D eigenvalue weighted by Gasteiger charge is 2.11. The van der Waals surface area contributed by atoms with Crippen LogP contribution in [0.4, 0.5) is 0 Å². The molecule has 0 aromatic carbocycles. The van der Waals surface area contributed by atoms with Crippen LogP contribution in [-0.2, 0) is 4.79 Å². The zero-order valence-electron chi connectivity index (χ0n) is 7.74. The molecule has 0 aromatic heterocycles. The van der Waals surface area contributed by atoms with E-state index >= 15 is 0 Å². The van der Waals surface area contributed by atoms with Gasteiger partial charge in [-0.2, -0.15) is 0 Å². The maximum atomic E-state index is 10.4. The van der Waals surface area contributed by atoms with Crippen molar-refractivity contribution < 1.29 is 15.0 Å². The maximum absolute atomic E-state index is 10.4. The van der Waals surface area contributed by atoms with Gasteiger partial charge < -0.3 is 10.2 Å². The summed E-state index contributed by atoms with van der Waals surface area (Å²) in [5, 5.41) is 17.8. The second kappa shape index (κ2) is 4.93. The monoisotopic (exact) mass is 172 g/mol.